The molecule has 0 aliphatic carbocycles. The van der Waals surface area contributed by atoms with Crippen LogP contribution in [0, 0.1) is 0 Å². The molecule has 2 aliphatic heterocycles. The fourth-order valence-electron chi connectivity index (χ4n) is 3.80. The van der Waals surface area contributed by atoms with E-state index < -0.39 is 5.60 Å². The summed E-state index contributed by atoms with van der Waals surface area (Å²) in [6.45, 7) is 12.2. The third-order valence-electron chi connectivity index (χ3n) is 5.16. The third kappa shape index (κ3) is 5.85. The fourth-order valence-corrected chi connectivity index (χ4v) is 4.21. The summed E-state index contributed by atoms with van der Waals surface area (Å²) in [6, 6.07) is 6.59. The van der Waals surface area contributed by atoms with E-state index in [-0.39, 0.29) is 6.09 Å². The van der Waals surface area contributed by atoms with Crippen LogP contribution >= 0.6 is 15.9 Å². The first-order chi connectivity index (χ1) is 12.8. The lowest BCUT2D eigenvalue weighted by Gasteiger charge is -2.38. The number of carbonyl (C=O) groups is 1. The second kappa shape index (κ2) is 8.82. The van der Waals surface area contributed by atoms with E-state index >= 15 is 0 Å². The summed E-state index contributed by atoms with van der Waals surface area (Å²) in [7, 11) is 0. The van der Waals surface area contributed by atoms with Gasteiger partial charge in [-0.25, -0.2) is 4.79 Å². The topological polar surface area (TPSA) is 36.0 Å². The molecule has 0 saturated carbocycles. The van der Waals surface area contributed by atoms with Crippen molar-refractivity contribution in [2.75, 3.05) is 44.2 Å². The molecule has 2 heterocycles. The van der Waals surface area contributed by atoms with Gasteiger partial charge in [-0.1, -0.05) is 22.4 Å². The Kier molecular flexibility index (Phi) is 6.69. The van der Waals surface area contributed by atoms with Crippen LogP contribution in [0.3, 0.4) is 0 Å². The van der Waals surface area contributed by atoms with Crippen LogP contribution in [-0.4, -0.2) is 60.8 Å². The molecule has 0 unspecified atom stereocenters. The first-order valence-electron chi connectivity index (χ1n) is 10.1. The largest absolute Gasteiger partial charge is 0.444 e. The van der Waals surface area contributed by atoms with Gasteiger partial charge in [0, 0.05) is 42.9 Å². The highest BCUT2D eigenvalue weighted by Crippen LogP contribution is 2.28. The molecule has 2 aliphatic rings. The van der Waals surface area contributed by atoms with Gasteiger partial charge in [-0.05, 0) is 70.5 Å². The van der Waals surface area contributed by atoms with Gasteiger partial charge >= 0.3 is 6.09 Å². The number of ether oxygens (including phenoxy) is 1. The lowest BCUT2D eigenvalue weighted by molar-refractivity contribution is 0.0240. The van der Waals surface area contributed by atoms with Crippen LogP contribution in [0.5, 0.6) is 0 Å². The number of piperazine rings is 1. The zero-order valence-corrected chi connectivity index (χ0v) is 18.4. The van der Waals surface area contributed by atoms with Gasteiger partial charge in [-0.3, -0.25) is 4.90 Å². The van der Waals surface area contributed by atoms with Crippen molar-refractivity contribution in [1.29, 1.82) is 0 Å². The Morgan fingerprint density at radius 2 is 1.70 bits per heavy atom. The van der Waals surface area contributed by atoms with E-state index in [0.29, 0.717) is 13.1 Å². The van der Waals surface area contributed by atoms with Crippen LogP contribution in [-0.2, 0) is 11.3 Å². The SMILES string of the molecule is CC(C)(C)OC(=O)N1CCN(c2ccc(Br)cc2CN2CCCCC2)CC1. The summed E-state index contributed by atoms with van der Waals surface area (Å²) in [4.78, 5) is 19.1. The number of carbonyl (C=O) groups excluding carboxylic acids is 1. The van der Waals surface area contributed by atoms with E-state index in [0.717, 1.165) is 24.1 Å². The Labute approximate surface area is 171 Å². The Bertz CT molecular complexity index is 645. The number of rotatable bonds is 3. The summed E-state index contributed by atoms with van der Waals surface area (Å²) >= 11 is 3.64. The van der Waals surface area contributed by atoms with Gasteiger partial charge in [-0.2, -0.15) is 0 Å². The molecule has 2 saturated heterocycles. The van der Waals surface area contributed by atoms with Crippen LogP contribution < -0.4 is 4.90 Å². The monoisotopic (exact) mass is 437 g/mol. The Hall–Kier alpha value is -1.27. The van der Waals surface area contributed by atoms with E-state index in [4.69, 9.17) is 4.74 Å². The lowest BCUT2D eigenvalue weighted by atomic mass is 10.1. The zero-order valence-electron chi connectivity index (χ0n) is 16.8. The van der Waals surface area contributed by atoms with Crippen LogP contribution in [0.1, 0.15) is 45.6 Å². The number of anilines is 1. The number of hydrogen-bond acceptors (Lipinski definition) is 4. The average molecular weight is 438 g/mol. The minimum Gasteiger partial charge on any atom is -0.444 e. The third-order valence-corrected chi connectivity index (χ3v) is 5.65. The number of halogens is 1. The molecule has 5 nitrogen and oxygen atoms in total. The van der Waals surface area contributed by atoms with Gasteiger partial charge < -0.3 is 14.5 Å². The second-order valence-corrected chi connectivity index (χ2v) is 9.48. The van der Waals surface area contributed by atoms with Gasteiger partial charge in [0.2, 0.25) is 0 Å². The molecule has 1 amide bonds. The van der Waals surface area contributed by atoms with Crippen molar-refractivity contribution in [2.24, 2.45) is 0 Å². The van der Waals surface area contributed by atoms with E-state index in [1.165, 1.54) is 43.6 Å². The number of hydrogen-bond donors (Lipinski definition) is 0. The highest BCUT2D eigenvalue weighted by Gasteiger charge is 2.27. The molecule has 150 valence electrons. The Morgan fingerprint density at radius 1 is 1.04 bits per heavy atom. The van der Waals surface area contributed by atoms with Gasteiger partial charge in [0.05, 0.1) is 0 Å². The maximum absolute atomic E-state index is 12.3. The first-order valence-corrected chi connectivity index (χ1v) is 10.8. The van der Waals surface area contributed by atoms with Gasteiger partial charge in [0.1, 0.15) is 5.60 Å². The van der Waals surface area contributed by atoms with Crippen LogP contribution in [0.4, 0.5) is 10.5 Å². The molecule has 2 fully saturated rings. The van der Waals surface area contributed by atoms with Crippen molar-refractivity contribution in [2.45, 2.75) is 52.2 Å². The molecular weight excluding hydrogens is 406 g/mol. The van der Waals surface area contributed by atoms with Crippen molar-refractivity contribution in [3.63, 3.8) is 0 Å². The second-order valence-electron chi connectivity index (χ2n) is 8.56. The molecule has 0 spiro atoms. The fraction of sp³-hybridized carbons (Fsp3) is 0.667. The Morgan fingerprint density at radius 3 is 2.33 bits per heavy atom. The quantitative estimate of drug-likeness (QED) is 0.697. The highest BCUT2D eigenvalue weighted by molar-refractivity contribution is 9.10. The zero-order chi connectivity index (χ0) is 19.4. The van der Waals surface area contributed by atoms with Gasteiger partial charge in [-0.15, -0.1) is 0 Å². The Balaban J connectivity index is 1.64. The minimum absolute atomic E-state index is 0.202. The number of amides is 1. The van der Waals surface area contributed by atoms with Crippen LogP contribution in [0.15, 0.2) is 22.7 Å². The molecule has 0 N–H and O–H groups in total. The first kappa shape index (κ1) is 20.5. The number of likely N-dealkylation sites (tertiary alicyclic amines) is 1. The van der Waals surface area contributed by atoms with Crippen molar-refractivity contribution in [1.82, 2.24) is 9.80 Å². The van der Waals surface area contributed by atoms with Crippen LogP contribution in [0.25, 0.3) is 0 Å². The molecular formula is C21H32BrN3O2. The van der Waals surface area contributed by atoms with Crippen LogP contribution in [0.2, 0.25) is 0 Å². The number of benzene rings is 1. The van der Waals surface area contributed by atoms with Gasteiger partial charge in [0.15, 0.2) is 0 Å². The molecule has 0 bridgehead atoms. The van der Waals surface area contributed by atoms with E-state index in [1.807, 2.05) is 25.7 Å². The molecule has 0 radical (unpaired) electrons. The minimum atomic E-state index is -0.443. The maximum Gasteiger partial charge on any atom is 0.410 e. The smallest absolute Gasteiger partial charge is 0.410 e. The number of piperidine rings is 1. The molecule has 1 aromatic carbocycles. The molecule has 1 aromatic rings. The normalized spacial score (nSPS) is 19.3. The predicted octanol–water partition coefficient (Wildman–Crippen LogP) is 4.49. The molecule has 27 heavy (non-hydrogen) atoms. The van der Waals surface area contributed by atoms with E-state index in [1.54, 1.807) is 0 Å². The highest BCUT2D eigenvalue weighted by atomic mass is 79.9. The summed E-state index contributed by atoms with van der Waals surface area (Å²) < 4.78 is 6.64. The molecule has 0 aromatic heterocycles. The molecule has 0 atom stereocenters. The predicted molar refractivity (Wildman–Crippen MR) is 113 cm³/mol. The summed E-state index contributed by atoms with van der Waals surface area (Å²) in [5.41, 5.74) is 2.23. The molecule has 3 rings (SSSR count). The van der Waals surface area contributed by atoms with Gasteiger partial charge in [0.25, 0.3) is 0 Å². The lowest BCUT2D eigenvalue weighted by Crippen LogP contribution is -2.50. The summed E-state index contributed by atoms with van der Waals surface area (Å²) in [6.07, 6.45) is 3.76. The maximum atomic E-state index is 12.3. The molecule has 6 heteroatoms. The van der Waals surface area contributed by atoms with Crippen molar-refractivity contribution >= 4 is 27.7 Å². The van der Waals surface area contributed by atoms with E-state index in [2.05, 4.69) is 43.9 Å². The van der Waals surface area contributed by atoms with E-state index in [9.17, 15) is 4.79 Å². The van der Waals surface area contributed by atoms with Crippen molar-refractivity contribution in [3.8, 4) is 0 Å². The van der Waals surface area contributed by atoms with Crippen molar-refractivity contribution < 1.29 is 9.53 Å². The summed E-state index contributed by atoms with van der Waals surface area (Å²) in [5.74, 6) is 0. The van der Waals surface area contributed by atoms with Crippen molar-refractivity contribution in [3.05, 3.63) is 28.2 Å². The number of nitrogens with zero attached hydrogens (tertiary/aromatic N) is 3. The summed E-state index contributed by atoms with van der Waals surface area (Å²) in [5, 5.41) is 0. The average Bonchev–Trinajstić information content (AvgIpc) is 2.61. The standard InChI is InChI=1S/C21H32BrN3O2/c1-21(2,3)27-20(26)25-13-11-24(12-14-25)19-8-7-18(22)15-17(19)16-23-9-5-4-6-10-23/h7-8,15H,4-6,9-14,16H2,1-3H3.